The Morgan fingerprint density at radius 2 is 2.06 bits per heavy atom. The molecule has 0 aliphatic rings. The molecule has 0 heterocycles. The van der Waals surface area contributed by atoms with Gasteiger partial charge in [-0.3, -0.25) is 9.59 Å². The maximum atomic E-state index is 11.3. The van der Waals surface area contributed by atoms with Gasteiger partial charge in [0.15, 0.2) is 0 Å². The van der Waals surface area contributed by atoms with Gasteiger partial charge in [0, 0.05) is 17.1 Å². The van der Waals surface area contributed by atoms with Crippen LogP contribution in [0.4, 0.5) is 0 Å². The van der Waals surface area contributed by atoms with Crippen LogP contribution in [-0.2, 0) is 9.59 Å². The van der Waals surface area contributed by atoms with Gasteiger partial charge in [0.2, 0.25) is 0 Å². The van der Waals surface area contributed by atoms with Crippen LogP contribution >= 0.6 is 11.6 Å². The first kappa shape index (κ1) is 14.2. The number of benzene rings is 1. The van der Waals surface area contributed by atoms with Crippen LogP contribution < -0.4 is 10.7 Å². The average Bonchev–Trinajstić information content (AvgIpc) is 2.38. The van der Waals surface area contributed by atoms with Crippen molar-refractivity contribution < 1.29 is 9.59 Å². The Kier molecular flexibility index (Phi) is 5.87. The number of hydrogen-bond donors (Lipinski definition) is 2. The number of amides is 2. The third-order valence-electron chi connectivity index (χ3n) is 2.02. The fourth-order valence-corrected chi connectivity index (χ4v) is 1.29. The quantitative estimate of drug-likeness (QED) is 0.491. The summed E-state index contributed by atoms with van der Waals surface area (Å²) < 4.78 is 0. The molecule has 6 heteroatoms. The molecule has 2 N–H and O–H groups in total. The Bertz CT molecular complexity index is 460. The van der Waals surface area contributed by atoms with Gasteiger partial charge in [-0.1, -0.05) is 36.7 Å². The Balaban J connectivity index is 2.48. The highest BCUT2D eigenvalue weighted by Crippen LogP contribution is 2.11. The predicted octanol–water partition coefficient (Wildman–Crippen LogP) is 1.32. The molecule has 2 amide bonds. The number of hydrogen-bond acceptors (Lipinski definition) is 3. The lowest BCUT2D eigenvalue weighted by molar-refractivity contribution is -0.139. The summed E-state index contributed by atoms with van der Waals surface area (Å²) >= 11 is 5.89. The zero-order chi connectivity index (χ0) is 13.4. The largest absolute Gasteiger partial charge is 0.348 e. The minimum atomic E-state index is -0.799. The maximum Gasteiger partial charge on any atom is 0.329 e. The summed E-state index contributed by atoms with van der Waals surface area (Å²) in [6.07, 6.45) is 2.15. The zero-order valence-corrected chi connectivity index (χ0v) is 10.7. The second kappa shape index (κ2) is 7.45. The summed E-state index contributed by atoms with van der Waals surface area (Å²) in [5, 5.41) is 6.62. The molecular weight excluding hydrogens is 254 g/mol. The molecule has 0 radical (unpaired) electrons. The van der Waals surface area contributed by atoms with Crippen molar-refractivity contribution in [1.29, 1.82) is 0 Å². The topological polar surface area (TPSA) is 70.6 Å². The number of nitrogens with zero attached hydrogens (tertiary/aromatic N) is 1. The van der Waals surface area contributed by atoms with Gasteiger partial charge in [-0.2, -0.15) is 5.10 Å². The van der Waals surface area contributed by atoms with Crippen molar-refractivity contribution >= 4 is 29.6 Å². The molecule has 1 aromatic rings. The number of hydrazone groups is 1. The third-order valence-corrected chi connectivity index (χ3v) is 2.36. The van der Waals surface area contributed by atoms with Crippen molar-refractivity contribution in [3.05, 3.63) is 34.9 Å². The summed E-state index contributed by atoms with van der Waals surface area (Å²) in [6, 6.07) is 7.04. The van der Waals surface area contributed by atoms with Gasteiger partial charge >= 0.3 is 11.8 Å². The van der Waals surface area contributed by atoms with Gasteiger partial charge in [-0.25, -0.2) is 5.43 Å². The van der Waals surface area contributed by atoms with Gasteiger partial charge in [0.1, 0.15) is 0 Å². The van der Waals surface area contributed by atoms with Gasteiger partial charge in [-0.05, 0) is 12.5 Å². The minimum Gasteiger partial charge on any atom is -0.348 e. The Hall–Kier alpha value is -1.88. The van der Waals surface area contributed by atoms with E-state index in [1.54, 1.807) is 24.3 Å². The minimum absolute atomic E-state index is 0.459. The first-order valence-corrected chi connectivity index (χ1v) is 5.88. The van der Waals surface area contributed by atoms with Crippen LogP contribution in [0.3, 0.4) is 0 Å². The monoisotopic (exact) mass is 267 g/mol. The summed E-state index contributed by atoms with van der Waals surface area (Å²) in [5.41, 5.74) is 2.79. The molecule has 96 valence electrons. The predicted molar refractivity (Wildman–Crippen MR) is 70.5 cm³/mol. The van der Waals surface area contributed by atoms with Crippen LogP contribution in [0.2, 0.25) is 5.02 Å². The van der Waals surface area contributed by atoms with E-state index in [4.69, 9.17) is 11.6 Å². The van der Waals surface area contributed by atoms with Crippen LogP contribution in [0, 0.1) is 0 Å². The normalized spacial score (nSPS) is 10.3. The number of carbonyl (C=O) groups excluding carboxylic acids is 2. The van der Waals surface area contributed by atoms with Gasteiger partial charge in [0.25, 0.3) is 0 Å². The molecule has 0 atom stereocenters. The van der Waals surface area contributed by atoms with Crippen molar-refractivity contribution in [2.75, 3.05) is 6.54 Å². The standard InChI is InChI=1S/C12H14ClN3O2/c1-2-7-14-11(17)12(18)16-15-8-9-5-3-4-6-10(9)13/h3-6,8H,2,7H2,1H3,(H,14,17)(H,16,18)/b15-8+. The third kappa shape index (κ3) is 4.55. The Morgan fingerprint density at radius 3 is 2.72 bits per heavy atom. The Morgan fingerprint density at radius 1 is 1.33 bits per heavy atom. The lowest BCUT2D eigenvalue weighted by Crippen LogP contribution is -2.38. The fourth-order valence-electron chi connectivity index (χ4n) is 1.11. The SMILES string of the molecule is CCCNC(=O)C(=O)N/N=C/c1ccccc1Cl. The molecule has 0 aromatic heterocycles. The fraction of sp³-hybridized carbons (Fsp3) is 0.250. The Labute approximate surface area is 110 Å². The summed E-state index contributed by atoms with van der Waals surface area (Å²) in [6.45, 7) is 2.36. The number of carbonyl (C=O) groups is 2. The lowest BCUT2D eigenvalue weighted by atomic mass is 10.2. The first-order valence-electron chi connectivity index (χ1n) is 5.51. The second-order valence-corrected chi connectivity index (χ2v) is 3.88. The number of halogens is 1. The molecule has 5 nitrogen and oxygen atoms in total. The van der Waals surface area contributed by atoms with E-state index in [1.165, 1.54) is 6.21 Å². The molecule has 0 unspecified atom stereocenters. The second-order valence-electron chi connectivity index (χ2n) is 3.48. The van der Waals surface area contributed by atoms with Crippen LogP contribution in [0.15, 0.2) is 29.4 Å². The van der Waals surface area contributed by atoms with E-state index < -0.39 is 11.8 Å². The van der Waals surface area contributed by atoms with Crippen molar-refractivity contribution in [1.82, 2.24) is 10.7 Å². The highest BCUT2D eigenvalue weighted by atomic mass is 35.5. The van der Waals surface area contributed by atoms with Crippen LogP contribution in [0.5, 0.6) is 0 Å². The molecule has 0 spiro atoms. The van der Waals surface area contributed by atoms with Crippen LogP contribution in [-0.4, -0.2) is 24.6 Å². The van der Waals surface area contributed by atoms with E-state index >= 15 is 0 Å². The smallest absolute Gasteiger partial charge is 0.329 e. The maximum absolute atomic E-state index is 11.3. The average molecular weight is 268 g/mol. The van der Waals surface area contributed by atoms with Crippen molar-refractivity contribution in [2.45, 2.75) is 13.3 Å². The number of nitrogens with one attached hydrogen (secondary N) is 2. The molecule has 1 rings (SSSR count). The van der Waals surface area contributed by atoms with E-state index in [0.29, 0.717) is 17.1 Å². The van der Waals surface area contributed by atoms with Crippen LogP contribution in [0.1, 0.15) is 18.9 Å². The zero-order valence-electron chi connectivity index (χ0n) is 9.94. The van der Waals surface area contributed by atoms with E-state index in [9.17, 15) is 9.59 Å². The summed E-state index contributed by atoms with van der Waals surface area (Å²) in [7, 11) is 0. The highest BCUT2D eigenvalue weighted by molar-refractivity contribution is 6.35. The van der Waals surface area contributed by atoms with Crippen LogP contribution in [0.25, 0.3) is 0 Å². The molecule has 0 saturated carbocycles. The molecule has 0 fully saturated rings. The summed E-state index contributed by atoms with van der Waals surface area (Å²) in [4.78, 5) is 22.4. The van der Waals surface area contributed by atoms with E-state index in [0.717, 1.165) is 6.42 Å². The molecule has 0 bridgehead atoms. The van der Waals surface area contributed by atoms with Crippen molar-refractivity contribution in [3.63, 3.8) is 0 Å². The first-order chi connectivity index (χ1) is 8.65. The molecule has 0 saturated heterocycles. The van der Waals surface area contributed by atoms with E-state index in [1.807, 2.05) is 6.92 Å². The van der Waals surface area contributed by atoms with Gasteiger partial charge in [0.05, 0.1) is 6.21 Å². The van der Waals surface area contributed by atoms with E-state index in [-0.39, 0.29) is 0 Å². The summed E-state index contributed by atoms with van der Waals surface area (Å²) in [5.74, 6) is -1.50. The molecular formula is C12H14ClN3O2. The molecule has 0 aliphatic carbocycles. The van der Waals surface area contributed by atoms with E-state index in [2.05, 4.69) is 15.8 Å². The lowest BCUT2D eigenvalue weighted by Gasteiger charge is -2.01. The highest BCUT2D eigenvalue weighted by Gasteiger charge is 2.10. The molecule has 0 aliphatic heterocycles. The molecule has 1 aromatic carbocycles. The van der Waals surface area contributed by atoms with Crippen molar-refractivity contribution in [3.8, 4) is 0 Å². The van der Waals surface area contributed by atoms with Gasteiger partial charge < -0.3 is 5.32 Å². The number of rotatable bonds is 4. The molecule has 18 heavy (non-hydrogen) atoms. The van der Waals surface area contributed by atoms with Gasteiger partial charge in [-0.15, -0.1) is 0 Å². The van der Waals surface area contributed by atoms with Crippen molar-refractivity contribution in [2.24, 2.45) is 5.10 Å².